The van der Waals surface area contributed by atoms with E-state index in [2.05, 4.69) is 5.32 Å². The Hall–Kier alpha value is -1.71. The maximum absolute atomic E-state index is 13.7. The van der Waals surface area contributed by atoms with Crippen LogP contribution < -0.4 is 5.32 Å². The molecule has 2 aromatic carbocycles. The minimum atomic E-state index is -0.109. The standard InChI is InChI=1S/C18H20FNO/c19-17-9-5-4-8-16(17)14-10-15(11-14)20-18(12-21)13-6-2-1-3-7-13/h1-9,14-15,18,20-21H,10-12H2/t14?,15?,18-/m0/s1. The molecule has 0 saturated heterocycles. The normalized spacial score (nSPS) is 22.6. The predicted octanol–water partition coefficient (Wildman–Crippen LogP) is 3.39. The van der Waals surface area contributed by atoms with Crippen LogP contribution in [-0.2, 0) is 0 Å². The van der Waals surface area contributed by atoms with Gasteiger partial charge in [-0.05, 0) is 36.0 Å². The third kappa shape index (κ3) is 3.14. The number of nitrogens with one attached hydrogen (secondary N) is 1. The van der Waals surface area contributed by atoms with E-state index >= 15 is 0 Å². The predicted molar refractivity (Wildman–Crippen MR) is 81.6 cm³/mol. The summed E-state index contributed by atoms with van der Waals surface area (Å²) >= 11 is 0. The van der Waals surface area contributed by atoms with Gasteiger partial charge in [-0.25, -0.2) is 4.39 Å². The first kappa shape index (κ1) is 14.2. The quantitative estimate of drug-likeness (QED) is 0.882. The van der Waals surface area contributed by atoms with Gasteiger partial charge in [0.2, 0.25) is 0 Å². The Morgan fingerprint density at radius 2 is 1.71 bits per heavy atom. The molecule has 1 saturated carbocycles. The van der Waals surface area contributed by atoms with Crippen LogP contribution in [0.3, 0.4) is 0 Å². The molecule has 110 valence electrons. The molecule has 0 unspecified atom stereocenters. The minimum Gasteiger partial charge on any atom is -0.394 e. The topological polar surface area (TPSA) is 32.3 Å². The lowest BCUT2D eigenvalue weighted by molar-refractivity contribution is 0.196. The van der Waals surface area contributed by atoms with Gasteiger partial charge in [0.05, 0.1) is 12.6 Å². The smallest absolute Gasteiger partial charge is 0.126 e. The second-order valence-electron chi connectivity index (χ2n) is 5.70. The van der Waals surface area contributed by atoms with Gasteiger partial charge in [0.1, 0.15) is 5.82 Å². The number of rotatable bonds is 5. The van der Waals surface area contributed by atoms with Crippen molar-refractivity contribution >= 4 is 0 Å². The Morgan fingerprint density at radius 1 is 1.05 bits per heavy atom. The van der Waals surface area contributed by atoms with Crippen molar-refractivity contribution in [1.29, 1.82) is 0 Å². The van der Waals surface area contributed by atoms with E-state index in [9.17, 15) is 9.50 Å². The molecular weight excluding hydrogens is 265 g/mol. The highest BCUT2D eigenvalue weighted by molar-refractivity contribution is 5.25. The van der Waals surface area contributed by atoms with Crippen LogP contribution >= 0.6 is 0 Å². The number of hydrogen-bond acceptors (Lipinski definition) is 2. The van der Waals surface area contributed by atoms with Crippen molar-refractivity contribution in [3.05, 3.63) is 71.5 Å². The van der Waals surface area contributed by atoms with E-state index in [1.807, 2.05) is 42.5 Å². The van der Waals surface area contributed by atoms with E-state index < -0.39 is 0 Å². The first-order chi connectivity index (χ1) is 10.3. The maximum atomic E-state index is 13.7. The van der Waals surface area contributed by atoms with Gasteiger partial charge in [-0.1, -0.05) is 48.5 Å². The summed E-state index contributed by atoms with van der Waals surface area (Å²) < 4.78 is 13.7. The van der Waals surface area contributed by atoms with Crippen LogP contribution in [0, 0.1) is 5.82 Å². The minimum absolute atomic E-state index is 0.0437. The fraction of sp³-hybridized carbons (Fsp3) is 0.333. The van der Waals surface area contributed by atoms with Crippen molar-refractivity contribution in [2.24, 2.45) is 0 Å². The SMILES string of the molecule is OC[C@H](NC1CC(c2ccccc2F)C1)c1ccccc1. The Morgan fingerprint density at radius 3 is 2.38 bits per heavy atom. The third-order valence-corrected chi connectivity index (χ3v) is 4.30. The molecule has 2 N–H and O–H groups in total. The average Bonchev–Trinajstić information content (AvgIpc) is 2.48. The molecule has 0 amide bonds. The van der Waals surface area contributed by atoms with Crippen LogP contribution in [0.1, 0.15) is 35.9 Å². The van der Waals surface area contributed by atoms with Crippen molar-refractivity contribution in [3.8, 4) is 0 Å². The molecule has 0 aromatic heterocycles. The van der Waals surface area contributed by atoms with E-state index in [0.29, 0.717) is 12.0 Å². The van der Waals surface area contributed by atoms with Gasteiger partial charge in [0.25, 0.3) is 0 Å². The molecule has 21 heavy (non-hydrogen) atoms. The van der Waals surface area contributed by atoms with Gasteiger partial charge in [-0.3, -0.25) is 0 Å². The monoisotopic (exact) mass is 285 g/mol. The molecule has 1 fully saturated rings. The maximum Gasteiger partial charge on any atom is 0.126 e. The van der Waals surface area contributed by atoms with Crippen molar-refractivity contribution in [2.45, 2.75) is 30.8 Å². The molecule has 0 bridgehead atoms. The Labute approximate surface area is 124 Å². The summed E-state index contributed by atoms with van der Waals surface area (Å²) in [5.74, 6) is 0.182. The summed E-state index contributed by atoms with van der Waals surface area (Å²) in [5, 5.41) is 13.0. The van der Waals surface area contributed by atoms with E-state index in [0.717, 1.165) is 24.0 Å². The highest BCUT2D eigenvalue weighted by Crippen LogP contribution is 2.38. The molecular formula is C18H20FNO. The lowest BCUT2D eigenvalue weighted by atomic mass is 9.75. The molecule has 0 radical (unpaired) electrons. The highest BCUT2D eigenvalue weighted by Gasteiger charge is 2.33. The van der Waals surface area contributed by atoms with Crippen molar-refractivity contribution in [2.75, 3.05) is 6.61 Å². The van der Waals surface area contributed by atoms with Gasteiger partial charge < -0.3 is 10.4 Å². The molecule has 2 aromatic rings. The van der Waals surface area contributed by atoms with Crippen molar-refractivity contribution in [1.82, 2.24) is 5.32 Å². The van der Waals surface area contributed by atoms with Crippen molar-refractivity contribution < 1.29 is 9.50 Å². The summed E-state index contributed by atoms with van der Waals surface area (Å²) in [7, 11) is 0. The van der Waals surface area contributed by atoms with Gasteiger partial charge >= 0.3 is 0 Å². The van der Waals surface area contributed by atoms with E-state index in [1.54, 1.807) is 6.07 Å². The summed E-state index contributed by atoms with van der Waals surface area (Å²) in [6, 6.07) is 17.3. The van der Waals surface area contributed by atoms with Gasteiger partial charge in [-0.15, -0.1) is 0 Å². The molecule has 0 aliphatic heterocycles. The van der Waals surface area contributed by atoms with Gasteiger partial charge in [0, 0.05) is 6.04 Å². The molecule has 0 heterocycles. The molecule has 1 aliphatic rings. The second-order valence-corrected chi connectivity index (χ2v) is 5.70. The Kier molecular flexibility index (Phi) is 4.32. The van der Waals surface area contributed by atoms with E-state index in [-0.39, 0.29) is 18.5 Å². The lowest BCUT2D eigenvalue weighted by Crippen LogP contribution is -2.43. The highest BCUT2D eigenvalue weighted by atomic mass is 19.1. The van der Waals surface area contributed by atoms with Crippen LogP contribution in [0.25, 0.3) is 0 Å². The zero-order valence-corrected chi connectivity index (χ0v) is 11.9. The summed E-state index contributed by atoms with van der Waals surface area (Å²) in [5.41, 5.74) is 1.91. The molecule has 2 nitrogen and oxygen atoms in total. The van der Waals surface area contributed by atoms with Crippen LogP contribution in [0.2, 0.25) is 0 Å². The first-order valence-electron chi connectivity index (χ1n) is 7.44. The van der Waals surface area contributed by atoms with E-state index in [1.165, 1.54) is 6.07 Å². The zero-order valence-electron chi connectivity index (χ0n) is 11.9. The van der Waals surface area contributed by atoms with Crippen LogP contribution in [-0.4, -0.2) is 17.8 Å². The first-order valence-corrected chi connectivity index (χ1v) is 7.44. The van der Waals surface area contributed by atoms with Gasteiger partial charge in [-0.2, -0.15) is 0 Å². The van der Waals surface area contributed by atoms with E-state index in [4.69, 9.17) is 0 Å². The van der Waals surface area contributed by atoms with Crippen LogP contribution in [0.15, 0.2) is 54.6 Å². The number of benzene rings is 2. The van der Waals surface area contributed by atoms with Gasteiger partial charge in [0.15, 0.2) is 0 Å². The van der Waals surface area contributed by atoms with Crippen LogP contribution in [0.4, 0.5) is 4.39 Å². The summed E-state index contributed by atoms with van der Waals surface area (Å²) in [6.07, 6.45) is 1.84. The fourth-order valence-electron chi connectivity index (χ4n) is 3.04. The Balaban J connectivity index is 1.58. The summed E-state index contributed by atoms with van der Waals surface area (Å²) in [6.45, 7) is 0.0743. The second kappa shape index (κ2) is 6.37. The number of aliphatic hydroxyl groups excluding tert-OH is 1. The largest absolute Gasteiger partial charge is 0.394 e. The molecule has 1 atom stereocenters. The van der Waals surface area contributed by atoms with Crippen molar-refractivity contribution in [3.63, 3.8) is 0 Å². The zero-order chi connectivity index (χ0) is 14.7. The molecule has 3 heteroatoms. The number of hydrogen-bond donors (Lipinski definition) is 2. The molecule has 1 aliphatic carbocycles. The Bertz CT molecular complexity index is 581. The third-order valence-electron chi connectivity index (χ3n) is 4.30. The number of aliphatic hydroxyl groups is 1. The number of halogens is 1. The summed E-state index contributed by atoms with van der Waals surface area (Å²) in [4.78, 5) is 0. The lowest BCUT2D eigenvalue weighted by Gasteiger charge is -2.38. The molecule has 0 spiro atoms. The molecule has 3 rings (SSSR count). The fourth-order valence-corrected chi connectivity index (χ4v) is 3.04. The average molecular weight is 285 g/mol. The van der Waals surface area contributed by atoms with Crippen LogP contribution in [0.5, 0.6) is 0 Å².